The number of rotatable bonds is 3. The van der Waals surface area contributed by atoms with Crippen molar-refractivity contribution in [3.8, 4) is 0 Å². The number of nitrogens with two attached hydrogens (primary N) is 1. The lowest BCUT2D eigenvalue weighted by molar-refractivity contribution is -0.118. The summed E-state index contributed by atoms with van der Waals surface area (Å²) in [5.74, 6) is 0.597. The van der Waals surface area contributed by atoms with Crippen molar-refractivity contribution < 1.29 is 4.79 Å². The number of aromatic nitrogens is 2. The van der Waals surface area contributed by atoms with E-state index >= 15 is 0 Å². The number of imidazole rings is 1. The maximum absolute atomic E-state index is 10.5. The van der Waals surface area contributed by atoms with Crippen LogP contribution in [0.4, 0.5) is 0 Å². The van der Waals surface area contributed by atoms with Crippen LogP contribution in [0.25, 0.3) is 0 Å². The van der Waals surface area contributed by atoms with Crippen molar-refractivity contribution in [3.63, 3.8) is 0 Å². The summed E-state index contributed by atoms with van der Waals surface area (Å²) in [6, 6.07) is 0. The minimum atomic E-state index is -0.297. The summed E-state index contributed by atoms with van der Waals surface area (Å²) in [4.78, 5) is 17.4. The zero-order chi connectivity index (χ0) is 8.27. The fraction of sp³-hybridized carbons (Fsp3) is 0.429. The van der Waals surface area contributed by atoms with Crippen LogP contribution < -0.4 is 5.73 Å². The minimum Gasteiger partial charge on any atom is -0.370 e. The zero-order valence-corrected chi connectivity index (χ0v) is 6.37. The van der Waals surface area contributed by atoms with E-state index in [4.69, 9.17) is 5.73 Å². The Morgan fingerprint density at radius 1 is 1.91 bits per heavy atom. The second-order valence-corrected chi connectivity index (χ2v) is 2.55. The van der Waals surface area contributed by atoms with Gasteiger partial charge in [0, 0.05) is 24.7 Å². The van der Waals surface area contributed by atoms with Crippen molar-refractivity contribution in [3.05, 3.63) is 18.2 Å². The number of nitrogens with one attached hydrogen (secondary N) is 1. The molecule has 0 aliphatic rings. The molecule has 1 rings (SSSR count). The van der Waals surface area contributed by atoms with Gasteiger partial charge in [-0.15, -0.1) is 0 Å². The third kappa shape index (κ3) is 2.07. The summed E-state index contributed by atoms with van der Waals surface area (Å²) >= 11 is 0. The average Bonchev–Trinajstić information content (AvgIpc) is 2.35. The number of aromatic amines is 1. The predicted molar refractivity (Wildman–Crippen MR) is 40.8 cm³/mol. The Balaban J connectivity index is 2.56. The average molecular weight is 153 g/mol. The highest BCUT2D eigenvalue weighted by atomic mass is 16.1. The first-order valence-corrected chi connectivity index (χ1v) is 3.47. The molecule has 4 nitrogen and oxygen atoms in total. The van der Waals surface area contributed by atoms with Crippen LogP contribution in [0.1, 0.15) is 25.1 Å². The third-order valence-corrected chi connectivity index (χ3v) is 1.49. The third-order valence-electron chi connectivity index (χ3n) is 1.49. The molecule has 0 aliphatic carbocycles. The molecule has 1 atom stereocenters. The summed E-state index contributed by atoms with van der Waals surface area (Å²) < 4.78 is 0. The minimum absolute atomic E-state index is 0.0856. The van der Waals surface area contributed by atoms with Gasteiger partial charge >= 0.3 is 0 Å². The van der Waals surface area contributed by atoms with Crippen LogP contribution in [0, 0.1) is 0 Å². The van der Waals surface area contributed by atoms with Crippen molar-refractivity contribution in [2.45, 2.75) is 19.3 Å². The molecule has 0 spiro atoms. The molecule has 0 aliphatic heterocycles. The van der Waals surface area contributed by atoms with Crippen LogP contribution in [-0.4, -0.2) is 15.9 Å². The first-order chi connectivity index (χ1) is 5.20. The fourth-order valence-electron chi connectivity index (χ4n) is 0.945. The van der Waals surface area contributed by atoms with E-state index in [0.717, 1.165) is 5.82 Å². The molecule has 0 radical (unpaired) electrons. The highest BCUT2D eigenvalue weighted by Gasteiger charge is 2.09. The lowest BCUT2D eigenvalue weighted by Crippen LogP contribution is -2.14. The van der Waals surface area contributed by atoms with E-state index in [0.29, 0.717) is 6.42 Å². The molecule has 3 N–H and O–H groups in total. The molecular weight excluding hydrogens is 142 g/mol. The van der Waals surface area contributed by atoms with Gasteiger partial charge in [-0.3, -0.25) is 4.79 Å². The predicted octanol–water partition coefficient (Wildman–Crippen LogP) is 0.389. The second-order valence-electron chi connectivity index (χ2n) is 2.55. The van der Waals surface area contributed by atoms with Gasteiger partial charge in [0.2, 0.25) is 5.91 Å². The topological polar surface area (TPSA) is 71.8 Å². The number of amides is 1. The van der Waals surface area contributed by atoms with Gasteiger partial charge in [0.1, 0.15) is 5.82 Å². The van der Waals surface area contributed by atoms with Gasteiger partial charge in [0.05, 0.1) is 0 Å². The molecule has 0 saturated heterocycles. The maximum Gasteiger partial charge on any atom is 0.218 e. The van der Waals surface area contributed by atoms with E-state index in [2.05, 4.69) is 9.97 Å². The van der Waals surface area contributed by atoms with Crippen molar-refractivity contribution >= 4 is 5.91 Å². The number of carbonyl (C=O) groups excluding carboxylic acids is 1. The highest BCUT2D eigenvalue weighted by molar-refractivity contribution is 5.74. The quantitative estimate of drug-likeness (QED) is 0.659. The molecule has 1 aromatic rings. The summed E-state index contributed by atoms with van der Waals surface area (Å²) in [6.07, 6.45) is 3.73. The first-order valence-electron chi connectivity index (χ1n) is 3.47. The fourth-order valence-corrected chi connectivity index (χ4v) is 0.945. The molecule has 11 heavy (non-hydrogen) atoms. The lowest BCUT2D eigenvalue weighted by Gasteiger charge is -2.03. The van der Waals surface area contributed by atoms with E-state index in [-0.39, 0.29) is 11.8 Å². The van der Waals surface area contributed by atoms with E-state index in [9.17, 15) is 4.79 Å². The number of H-pyrrole nitrogens is 1. The van der Waals surface area contributed by atoms with Crippen LogP contribution >= 0.6 is 0 Å². The van der Waals surface area contributed by atoms with E-state index in [1.165, 1.54) is 0 Å². The van der Waals surface area contributed by atoms with E-state index < -0.39 is 0 Å². The molecule has 1 unspecified atom stereocenters. The summed E-state index contributed by atoms with van der Waals surface area (Å²) in [7, 11) is 0. The van der Waals surface area contributed by atoms with Crippen LogP contribution in [0.3, 0.4) is 0 Å². The molecule has 0 fully saturated rings. The number of carbonyl (C=O) groups is 1. The zero-order valence-electron chi connectivity index (χ0n) is 6.37. The summed E-state index contributed by atoms with van der Waals surface area (Å²) in [5.41, 5.74) is 5.02. The van der Waals surface area contributed by atoms with Gasteiger partial charge < -0.3 is 10.7 Å². The first kappa shape index (κ1) is 7.78. The number of hydrogen-bond donors (Lipinski definition) is 2. The molecule has 0 bridgehead atoms. The van der Waals surface area contributed by atoms with Crippen molar-refractivity contribution in [1.29, 1.82) is 0 Å². The van der Waals surface area contributed by atoms with Gasteiger partial charge in [-0.2, -0.15) is 0 Å². The van der Waals surface area contributed by atoms with Crippen LogP contribution in [-0.2, 0) is 4.79 Å². The summed E-state index contributed by atoms with van der Waals surface area (Å²) in [5, 5.41) is 0. The van der Waals surface area contributed by atoms with Gasteiger partial charge in [0.15, 0.2) is 0 Å². The van der Waals surface area contributed by atoms with Crippen molar-refractivity contribution in [1.82, 2.24) is 9.97 Å². The van der Waals surface area contributed by atoms with Gasteiger partial charge in [-0.1, -0.05) is 6.92 Å². The van der Waals surface area contributed by atoms with E-state index in [1.54, 1.807) is 12.4 Å². The smallest absolute Gasteiger partial charge is 0.218 e. The van der Waals surface area contributed by atoms with Crippen molar-refractivity contribution in [2.24, 2.45) is 5.73 Å². The van der Waals surface area contributed by atoms with Gasteiger partial charge in [-0.25, -0.2) is 4.98 Å². The molecule has 1 aromatic heterocycles. The molecule has 60 valence electrons. The largest absolute Gasteiger partial charge is 0.370 e. The monoisotopic (exact) mass is 153 g/mol. The lowest BCUT2D eigenvalue weighted by atomic mass is 10.1. The van der Waals surface area contributed by atoms with Crippen LogP contribution in [0.2, 0.25) is 0 Å². The molecule has 1 heterocycles. The Hall–Kier alpha value is -1.32. The Morgan fingerprint density at radius 2 is 2.64 bits per heavy atom. The van der Waals surface area contributed by atoms with Gasteiger partial charge in [0.25, 0.3) is 0 Å². The molecule has 0 aromatic carbocycles. The molecule has 4 heteroatoms. The second kappa shape index (κ2) is 3.18. The maximum atomic E-state index is 10.5. The Bertz CT molecular complexity index is 230. The highest BCUT2D eigenvalue weighted by Crippen LogP contribution is 2.12. The van der Waals surface area contributed by atoms with Crippen LogP contribution in [0.15, 0.2) is 12.4 Å². The summed E-state index contributed by atoms with van der Waals surface area (Å²) in [6.45, 7) is 1.91. The number of hydrogen-bond acceptors (Lipinski definition) is 2. The molecular formula is C7H11N3O. The number of nitrogens with zero attached hydrogens (tertiary/aromatic N) is 1. The van der Waals surface area contributed by atoms with E-state index in [1.807, 2.05) is 6.92 Å². The SMILES string of the molecule is CC(CC(N)=O)c1ncc[nH]1. The Morgan fingerprint density at radius 3 is 3.09 bits per heavy atom. The molecule has 0 saturated carbocycles. The van der Waals surface area contributed by atoms with Gasteiger partial charge in [-0.05, 0) is 0 Å². The van der Waals surface area contributed by atoms with Crippen LogP contribution in [0.5, 0.6) is 0 Å². The molecule has 1 amide bonds. The standard InChI is InChI=1S/C7H11N3O/c1-5(4-6(8)11)7-9-2-3-10-7/h2-3,5H,4H2,1H3,(H2,8,11)(H,9,10). The Labute approximate surface area is 64.8 Å². The Kier molecular flexibility index (Phi) is 2.25. The number of primary amides is 1. The normalized spacial score (nSPS) is 12.8. The van der Waals surface area contributed by atoms with Crippen molar-refractivity contribution in [2.75, 3.05) is 0 Å².